The number of methoxy groups -OCH3 is 1. The Morgan fingerprint density at radius 3 is 3.11 bits per heavy atom. The number of pyridine rings is 1. The first kappa shape index (κ1) is 13.6. The average Bonchev–Trinajstić information content (AvgIpc) is 2.38. The molecule has 1 unspecified atom stereocenters. The highest BCUT2D eigenvalue weighted by Crippen LogP contribution is 2.17. The third-order valence-corrected chi connectivity index (χ3v) is 3.46. The molecule has 18 heavy (non-hydrogen) atoms. The molecule has 2 rings (SSSR count). The van der Waals surface area contributed by atoms with Gasteiger partial charge in [0.05, 0.1) is 26.0 Å². The van der Waals surface area contributed by atoms with Gasteiger partial charge in [-0.2, -0.15) is 0 Å². The van der Waals surface area contributed by atoms with E-state index in [1.165, 1.54) is 0 Å². The largest absolute Gasteiger partial charge is 0.497 e. The summed E-state index contributed by atoms with van der Waals surface area (Å²) in [5.74, 6) is 1.44. The Morgan fingerprint density at radius 2 is 2.39 bits per heavy atom. The normalized spacial score (nSPS) is 20.9. The van der Waals surface area contributed by atoms with Gasteiger partial charge in [-0.3, -0.25) is 9.88 Å². The fourth-order valence-electron chi connectivity index (χ4n) is 2.15. The van der Waals surface area contributed by atoms with Gasteiger partial charge >= 0.3 is 0 Å². The van der Waals surface area contributed by atoms with Crippen molar-refractivity contribution in [1.82, 2.24) is 9.88 Å². The monoisotopic (exact) mass is 270 g/mol. The minimum absolute atomic E-state index is 0.272. The Kier molecular flexibility index (Phi) is 4.80. The SMILES string of the molecule is COc1cc(C)nc(CN2CCOCC2CCl)c1. The molecule has 0 saturated carbocycles. The van der Waals surface area contributed by atoms with Gasteiger partial charge in [0.1, 0.15) is 5.75 Å². The number of nitrogens with zero attached hydrogens (tertiary/aromatic N) is 2. The van der Waals surface area contributed by atoms with Gasteiger partial charge in [0.2, 0.25) is 0 Å². The van der Waals surface area contributed by atoms with Crippen LogP contribution in [-0.4, -0.2) is 48.7 Å². The van der Waals surface area contributed by atoms with Crippen LogP contribution in [0, 0.1) is 6.92 Å². The van der Waals surface area contributed by atoms with Crippen LogP contribution in [0.25, 0.3) is 0 Å². The first-order valence-corrected chi connectivity index (χ1v) is 6.65. The van der Waals surface area contributed by atoms with Crippen LogP contribution in [-0.2, 0) is 11.3 Å². The van der Waals surface area contributed by atoms with Crippen LogP contribution in [0.15, 0.2) is 12.1 Å². The van der Waals surface area contributed by atoms with Crippen LogP contribution in [0.3, 0.4) is 0 Å². The second-order valence-electron chi connectivity index (χ2n) is 4.49. The maximum Gasteiger partial charge on any atom is 0.122 e. The van der Waals surface area contributed by atoms with Gasteiger partial charge in [0.15, 0.2) is 0 Å². The zero-order chi connectivity index (χ0) is 13.0. The van der Waals surface area contributed by atoms with Gasteiger partial charge in [-0.15, -0.1) is 11.6 Å². The first-order valence-electron chi connectivity index (χ1n) is 6.12. The number of morpholine rings is 1. The molecule has 1 aromatic heterocycles. The number of halogens is 1. The Labute approximate surface area is 113 Å². The molecule has 2 heterocycles. The van der Waals surface area contributed by atoms with E-state index in [9.17, 15) is 0 Å². The molecule has 0 radical (unpaired) electrons. The second kappa shape index (κ2) is 6.36. The van der Waals surface area contributed by atoms with Crippen molar-refractivity contribution in [2.45, 2.75) is 19.5 Å². The molecule has 5 heteroatoms. The molecule has 100 valence electrons. The van der Waals surface area contributed by atoms with Crippen LogP contribution >= 0.6 is 11.6 Å². The summed E-state index contributed by atoms with van der Waals surface area (Å²) >= 11 is 5.96. The highest BCUT2D eigenvalue weighted by atomic mass is 35.5. The van der Waals surface area contributed by atoms with Gasteiger partial charge in [0.25, 0.3) is 0 Å². The Bertz CT molecular complexity index is 401. The van der Waals surface area contributed by atoms with Crippen molar-refractivity contribution in [2.75, 3.05) is 32.7 Å². The molecule has 0 amide bonds. The van der Waals surface area contributed by atoms with Crippen LogP contribution in [0.1, 0.15) is 11.4 Å². The lowest BCUT2D eigenvalue weighted by Crippen LogP contribution is -2.46. The molecular formula is C13H19ClN2O2. The van der Waals surface area contributed by atoms with Gasteiger partial charge in [-0.25, -0.2) is 0 Å². The Morgan fingerprint density at radius 1 is 1.56 bits per heavy atom. The van der Waals surface area contributed by atoms with Crippen LogP contribution in [0.4, 0.5) is 0 Å². The number of rotatable bonds is 4. The van der Waals surface area contributed by atoms with E-state index < -0.39 is 0 Å². The average molecular weight is 271 g/mol. The van der Waals surface area contributed by atoms with Crippen LogP contribution in [0.5, 0.6) is 5.75 Å². The van der Waals surface area contributed by atoms with Crippen molar-refractivity contribution < 1.29 is 9.47 Å². The summed E-state index contributed by atoms with van der Waals surface area (Å²) < 4.78 is 10.7. The molecule has 0 spiro atoms. The molecule has 1 aliphatic heterocycles. The minimum Gasteiger partial charge on any atom is -0.497 e. The third-order valence-electron chi connectivity index (χ3n) is 3.11. The summed E-state index contributed by atoms with van der Waals surface area (Å²) in [6.07, 6.45) is 0. The van der Waals surface area contributed by atoms with Crippen molar-refractivity contribution in [1.29, 1.82) is 0 Å². The number of hydrogen-bond acceptors (Lipinski definition) is 4. The summed E-state index contributed by atoms with van der Waals surface area (Å²) in [6, 6.07) is 4.18. The summed E-state index contributed by atoms with van der Waals surface area (Å²) in [7, 11) is 1.68. The Balaban J connectivity index is 2.09. The quantitative estimate of drug-likeness (QED) is 0.782. The van der Waals surface area contributed by atoms with Gasteiger partial charge in [0, 0.05) is 42.8 Å². The topological polar surface area (TPSA) is 34.6 Å². The molecule has 0 N–H and O–H groups in total. The number of alkyl halides is 1. The van der Waals surface area contributed by atoms with Gasteiger partial charge < -0.3 is 9.47 Å². The van der Waals surface area contributed by atoms with Crippen LogP contribution < -0.4 is 4.74 Å². The maximum atomic E-state index is 5.96. The minimum atomic E-state index is 0.272. The molecule has 1 aliphatic rings. The number of ether oxygens (including phenoxy) is 2. The highest BCUT2D eigenvalue weighted by molar-refractivity contribution is 6.18. The van der Waals surface area contributed by atoms with E-state index in [1.807, 2.05) is 19.1 Å². The highest BCUT2D eigenvalue weighted by Gasteiger charge is 2.22. The van der Waals surface area contributed by atoms with E-state index in [2.05, 4.69) is 9.88 Å². The third kappa shape index (κ3) is 3.34. The van der Waals surface area contributed by atoms with Gasteiger partial charge in [-0.1, -0.05) is 0 Å². The first-order chi connectivity index (χ1) is 8.72. The summed E-state index contributed by atoms with van der Waals surface area (Å²) in [5, 5.41) is 0. The number of aryl methyl sites for hydroxylation is 1. The van der Waals surface area contributed by atoms with E-state index in [0.29, 0.717) is 12.5 Å². The van der Waals surface area contributed by atoms with Crippen LogP contribution in [0.2, 0.25) is 0 Å². The lowest BCUT2D eigenvalue weighted by atomic mass is 10.2. The molecule has 1 saturated heterocycles. The fraction of sp³-hybridized carbons (Fsp3) is 0.615. The van der Waals surface area contributed by atoms with E-state index in [4.69, 9.17) is 21.1 Å². The number of aromatic nitrogens is 1. The molecule has 1 aromatic rings. The molecular weight excluding hydrogens is 252 g/mol. The number of hydrogen-bond donors (Lipinski definition) is 0. The molecule has 4 nitrogen and oxygen atoms in total. The van der Waals surface area contributed by atoms with E-state index >= 15 is 0 Å². The van der Waals surface area contributed by atoms with Crippen molar-refractivity contribution in [3.05, 3.63) is 23.5 Å². The molecule has 0 aliphatic carbocycles. The summed E-state index contributed by atoms with van der Waals surface area (Å²) in [4.78, 5) is 6.86. The van der Waals surface area contributed by atoms with E-state index in [0.717, 1.165) is 36.8 Å². The maximum absolute atomic E-state index is 5.96. The van der Waals surface area contributed by atoms with Crippen molar-refractivity contribution in [2.24, 2.45) is 0 Å². The predicted octanol–water partition coefficient (Wildman–Crippen LogP) is 1.84. The zero-order valence-electron chi connectivity index (χ0n) is 10.9. The van der Waals surface area contributed by atoms with Crippen molar-refractivity contribution in [3.8, 4) is 5.75 Å². The second-order valence-corrected chi connectivity index (χ2v) is 4.80. The van der Waals surface area contributed by atoms with Crippen molar-refractivity contribution in [3.63, 3.8) is 0 Å². The molecule has 1 atom stereocenters. The van der Waals surface area contributed by atoms with Gasteiger partial charge in [-0.05, 0) is 6.92 Å². The summed E-state index contributed by atoms with van der Waals surface area (Å²) in [6.45, 7) is 5.13. The molecule has 0 bridgehead atoms. The van der Waals surface area contributed by atoms with E-state index in [1.54, 1.807) is 7.11 Å². The fourth-order valence-corrected chi connectivity index (χ4v) is 2.43. The summed E-state index contributed by atoms with van der Waals surface area (Å²) in [5.41, 5.74) is 1.99. The predicted molar refractivity (Wildman–Crippen MR) is 71.3 cm³/mol. The van der Waals surface area contributed by atoms with E-state index in [-0.39, 0.29) is 6.04 Å². The lowest BCUT2D eigenvalue weighted by Gasteiger charge is -2.34. The zero-order valence-corrected chi connectivity index (χ0v) is 11.6. The standard InChI is InChI=1S/C13H19ClN2O2/c1-10-5-13(17-2)6-11(15-10)8-16-3-4-18-9-12(16)7-14/h5-6,12H,3-4,7-9H2,1-2H3. The lowest BCUT2D eigenvalue weighted by molar-refractivity contribution is -0.00361. The smallest absolute Gasteiger partial charge is 0.122 e. The molecule has 1 fully saturated rings. The molecule has 0 aromatic carbocycles. The van der Waals surface area contributed by atoms with Crippen molar-refractivity contribution >= 4 is 11.6 Å². The Hall–Kier alpha value is -0.840.